The van der Waals surface area contributed by atoms with Crippen molar-refractivity contribution in [2.75, 3.05) is 0 Å². The number of nitrogens with zero attached hydrogens (tertiary/aromatic N) is 3. The highest BCUT2D eigenvalue weighted by molar-refractivity contribution is 6.42. The summed E-state index contributed by atoms with van der Waals surface area (Å²) in [5.41, 5.74) is 1.12. The summed E-state index contributed by atoms with van der Waals surface area (Å²) in [4.78, 5) is 26.6. The first-order valence-electron chi connectivity index (χ1n) is 8.77. The second-order valence-corrected chi connectivity index (χ2v) is 7.76. The predicted octanol–water partition coefficient (Wildman–Crippen LogP) is 4.32. The van der Waals surface area contributed by atoms with Crippen molar-refractivity contribution in [1.82, 2.24) is 20.4 Å². The smallest absolute Gasteiger partial charge is 0.325 e. The van der Waals surface area contributed by atoms with Gasteiger partial charge in [0.15, 0.2) is 0 Å². The number of hydrogen-bond donors (Lipinski definition) is 1. The number of halogens is 2. The van der Waals surface area contributed by atoms with Gasteiger partial charge >= 0.3 is 6.03 Å². The first-order chi connectivity index (χ1) is 13.8. The van der Waals surface area contributed by atoms with Crippen molar-refractivity contribution in [3.63, 3.8) is 0 Å². The first kappa shape index (κ1) is 19.4. The second-order valence-electron chi connectivity index (χ2n) is 6.94. The van der Waals surface area contributed by atoms with E-state index in [1.54, 1.807) is 25.1 Å². The van der Waals surface area contributed by atoms with E-state index in [0.717, 1.165) is 16.0 Å². The Balaban J connectivity index is 1.57. The minimum Gasteiger partial charge on any atom is -0.419 e. The molecule has 0 bridgehead atoms. The van der Waals surface area contributed by atoms with Crippen LogP contribution in [-0.2, 0) is 16.9 Å². The fraction of sp³-hybridized carbons (Fsp3) is 0.200. The van der Waals surface area contributed by atoms with Crippen molar-refractivity contribution >= 4 is 35.1 Å². The number of amides is 3. The van der Waals surface area contributed by atoms with E-state index >= 15 is 0 Å². The van der Waals surface area contributed by atoms with Gasteiger partial charge < -0.3 is 9.73 Å². The quantitative estimate of drug-likeness (QED) is 0.622. The number of carbonyl (C=O) groups is 2. The number of nitrogens with one attached hydrogen (secondary N) is 1. The summed E-state index contributed by atoms with van der Waals surface area (Å²) in [6.07, 6.45) is 0. The molecule has 0 radical (unpaired) electrons. The van der Waals surface area contributed by atoms with Gasteiger partial charge in [0.1, 0.15) is 12.1 Å². The molecule has 0 spiro atoms. The van der Waals surface area contributed by atoms with Gasteiger partial charge in [-0.25, -0.2) is 4.79 Å². The zero-order valence-corrected chi connectivity index (χ0v) is 17.1. The Labute approximate surface area is 176 Å². The highest BCUT2D eigenvalue weighted by atomic mass is 35.5. The highest BCUT2D eigenvalue weighted by Crippen LogP contribution is 2.33. The lowest BCUT2D eigenvalue weighted by molar-refractivity contribution is -0.131. The molecular weight excluding hydrogens is 415 g/mol. The van der Waals surface area contributed by atoms with E-state index in [9.17, 15) is 9.59 Å². The van der Waals surface area contributed by atoms with Crippen molar-refractivity contribution in [2.45, 2.75) is 25.9 Å². The topological polar surface area (TPSA) is 88.3 Å². The molecule has 3 amide bonds. The van der Waals surface area contributed by atoms with Crippen LogP contribution < -0.4 is 5.32 Å². The standard InChI is InChI=1S/C20H16Cl2N4O3/c1-11-3-5-12(6-4-11)17-25-24-16(29-17)10-26-18(27)20(2,23-19(26)28)13-7-8-14(21)15(22)9-13/h3-9H,10H2,1-2H3,(H,23,28). The minimum atomic E-state index is -1.27. The predicted molar refractivity (Wildman–Crippen MR) is 107 cm³/mol. The summed E-state index contributed by atoms with van der Waals surface area (Å²) in [6, 6.07) is 11.8. The van der Waals surface area contributed by atoms with E-state index in [2.05, 4.69) is 15.5 Å². The summed E-state index contributed by atoms with van der Waals surface area (Å²) >= 11 is 12.0. The number of carbonyl (C=O) groups excluding carboxylic acids is 2. The molecule has 29 heavy (non-hydrogen) atoms. The zero-order valence-electron chi connectivity index (χ0n) is 15.6. The maximum absolute atomic E-state index is 13.0. The third kappa shape index (κ3) is 3.47. The number of hydrogen-bond acceptors (Lipinski definition) is 5. The third-order valence-corrected chi connectivity index (χ3v) is 5.57. The molecule has 2 heterocycles. The van der Waals surface area contributed by atoms with Crippen molar-refractivity contribution in [3.05, 3.63) is 69.5 Å². The Morgan fingerprint density at radius 2 is 1.79 bits per heavy atom. The van der Waals surface area contributed by atoms with Crippen LogP contribution in [0.5, 0.6) is 0 Å². The number of aryl methyl sites for hydroxylation is 1. The Morgan fingerprint density at radius 3 is 2.48 bits per heavy atom. The molecule has 0 aliphatic carbocycles. The van der Waals surface area contributed by atoms with Gasteiger partial charge in [0, 0.05) is 5.56 Å². The summed E-state index contributed by atoms with van der Waals surface area (Å²) in [7, 11) is 0. The fourth-order valence-electron chi connectivity index (χ4n) is 3.11. The third-order valence-electron chi connectivity index (χ3n) is 4.83. The van der Waals surface area contributed by atoms with E-state index in [-0.39, 0.29) is 12.4 Å². The maximum atomic E-state index is 13.0. The van der Waals surface area contributed by atoms with Gasteiger partial charge in [-0.1, -0.05) is 47.0 Å². The molecule has 1 fully saturated rings. The van der Waals surface area contributed by atoms with Gasteiger partial charge in [0.25, 0.3) is 5.91 Å². The fourth-order valence-corrected chi connectivity index (χ4v) is 3.41. The number of rotatable bonds is 4. The molecule has 1 unspecified atom stereocenters. The average Bonchev–Trinajstić information content (AvgIpc) is 3.24. The lowest BCUT2D eigenvalue weighted by Gasteiger charge is -2.22. The van der Waals surface area contributed by atoms with E-state index in [1.165, 1.54) is 0 Å². The molecule has 0 saturated carbocycles. The number of aromatic nitrogens is 2. The van der Waals surface area contributed by atoms with Crippen molar-refractivity contribution < 1.29 is 14.0 Å². The highest BCUT2D eigenvalue weighted by Gasteiger charge is 2.49. The largest absolute Gasteiger partial charge is 0.419 e. The molecule has 1 aliphatic rings. The number of benzene rings is 2. The summed E-state index contributed by atoms with van der Waals surface area (Å²) in [5.74, 6) is 0.0257. The molecule has 148 valence electrons. The van der Waals surface area contributed by atoms with Crippen LogP contribution in [0, 0.1) is 6.92 Å². The summed E-state index contributed by atoms with van der Waals surface area (Å²) in [6.45, 7) is 3.45. The zero-order chi connectivity index (χ0) is 20.8. The van der Waals surface area contributed by atoms with Gasteiger partial charge in [-0.05, 0) is 43.7 Å². The number of urea groups is 1. The average molecular weight is 431 g/mol. The minimum absolute atomic E-state index is 0.138. The van der Waals surface area contributed by atoms with Crippen molar-refractivity contribution in [2.24, 2.45) is 0 Å². The Bertz CT molecular complexity index is 1110. The summed E-state index contributed by atoms with van der Waals surface area (Å²) < 4.78 is 5.64. The SMILES string of the molecule is Cc1ccc(-c2nnc(CN3C(=O)NC(C)(c4ccc(Cl)c(Cl)c4)C3=O)o2)cc1. The van der Waals surface area contributed by atoms with E-state index in [1.807, 2.05) is 31.2 Å². The Hall–Kier alpha value is -2.90. The molecule has 3 aromatic rings. The van der Waals surface area contributed by atoms with Crippen LogP contribution in [0.1, 0.15) is 23.9 Å². The molecule has 1 N–H and O–H groups in total. The van der Waals surface area contributed by atoms with Crippen molar-refractivity contribution in [3.8, 4) is 11.5 Å². The number of imide groups is 1. The molecule has 1 atom stereocenters. The van der Waals surface area contributed by atoms with Crippen LogP contribution in [0.3, 0.4) is 0 Å². The molecule has 9 heteroatoms. The van der Waals surface area contributed by atoms with Gasteiger partial charge in [-0.2, -0.15) is 0 Å². The van der Waals surface area contributed by atoms with Crippen LogP contribution in [0.2, 0.25) is 10.0 Å². The van der Waals surface area contributed by atoms with Crippen LogP contribution >= 0.6 is 23.2 Å². The van der Waals surface area contributed by atoms with E-state index in [0.29, 0.717) is 21.5 Å². The van der Waals surface area contributed by atoms with E-state index in [4.69, 9.17) is 27.6 Å². The molecule has 4 rings (SSSR count). The van der Waals surface area contributed by atoms with Crippen molar-refractivity contribution in [1.29, 1.82) is 0 Å². The molecular formula is C20H16Cl2N4O3. The Morgan fingerprint density at radius 1 is 1.07 bits per heavy atom. The molecule has 1 aromatic heterocycles. The van der Waals surface area contributed by atoms with Crippen LogP contribution in [0.25, 0.3) is 11.5 Å². The van der Waals surface area contributed by atoms with Gasteiger partial charge in [0.05, 0.1) is 10.0 Å². The normalized spacial score (nSPS) is 19.0. The van der Waals surface area contributed by atoms with Crippen LogP contribution in [-0.4, -0.2) is 27.0 Å². The van der Waals surface area contributed by atoms with Gasteiger partial charge in [0.2, 0.25) is 11.8 Å². The molecule has 2 aromatic carbocycles. The molecule has 1 aliphatic heterocycles. The van der Waals surface area contributed by atoms with E-state index < -0.39 is 17.5 Å². The lowest BCUT2D eigenvalue weighted by atomic mass is 9.92. The summed E-state index contributed by atoms with van der Waals surface area (Å²) in [5, 5.41) is 11.3. The molecule has 1 saturated heterocycles. The molecule has 7 nitrogen and oxygen atoms in total. The van der Waals surface area contributed by atoms with Crippen LogP contribution in [0.15, 0.2) is 46.9 Å². The van der Waals surface area contributed by atoms with Crippen LogP contribution in [0.4, 0.5) is 4.79 Å². The monoisotopic (exact) mass is 430 g/mol. The Kier molecular flexibility index (Phi) is 4.80. The first-order valence-corrected chi connectivity index (χ1v) is 9.52. The maximum Gasteiger partial charge on any atom is 0.325 e. The van der Waals surface area contributed by atoms with Gasteiger partial charge in [-0.15, -0.1) is 10.2 Å². The van der Waals surface area contributed by atoms with Gasteiger partial charge in [-0.3, -0.25) is 9.69 Å². The lowest BCUT2D eigenvalue weighted by Crippen LogP contribution is -2.40. The second kappa shape index (κ2) is 7.17.